The average molecular weight is 417 g/mol. The van der Waals surface area contributed by atoms with E-state index in [2.05, 4.69) is 20.7 Å². The lowest BCUT2D eigenvalue weighted by atomic mass is 9.98. The molecular weight excluding hydrogens is 398 g/mol. The fraction of sp³-hybridized carbons (Fsp3) is 0.692. The third-order valence-electron chi connectivity index (χ3n) is 3.41. The minimum absolute atomic E-state index is 0.229. The first-order valence-corrected chi connectivity index (χ1v) is 10.5. The Morgan fingerprint density at radius 2 is 2.10 bits per heavy atom. The van der Waals surface area contributed by atoms with Gasteiger partial charge in [-0.1, -0.05) is 30.9 Å². The third kappa shape index (κ3) is 5.48. The Bertz CT molecular complexity index is 536. The maximum Gasteiger partial charge on any atom is 0.250 e. The predicted molar refractivity (Wildman–Crippen MR) is 89.7 cm³/mol. The quantitative estimate of drug-likeness (QED) is 0.678. The van der Waals surface area contributed by atoms with Gasteiger partial charge in [0.15, 0.2) is 0 Å². The van der Waals surface area contributed by atoms with E-state index in [4.69, 9.17) is 16.3 Å². The summed E-state index contributed by atoms with van der Waals surface area (Å²) < 4.78 is 33.3. The average Bonchev–Trinajstić information content (AvgIpc) is 2.80. The smallest absolute Gasteiger partial charge is 0.250 e. The van der Waals surface area contributed by atoms with E-state index in [1.54, 1.807) is 0 Å². The zero-order valence-electron chi connectivity index (χ0n) is 11.6. The van der Waals surface area contributed by atoms with E-state index in [-0.39, 0.29) is 4.21 Å². The van der Waals surface area contributed by atoms with E-state index in [0.29, 0.717) is 34.5 Å². The fourth-order valence-electron chi connectivity index (χ4n) is 2.29. The molecule has 1 heterocycles. The molecule has 4 nitrogen and oxygen atoms in total. The van der Waals surface area contributed by atoms with Crippen molar-refractivity contribution in [2.45, 2.75) is 48.8 Å². The molecule has 0 aliphatic heterocycles. The van der Waals surface area contributed by atoms with Gasteiger partial charge < -0.3 is 4.74 Å². The lowest BCUT2D eigenvalue weighted by molar-refractivity contribution is 0.0278. The molecule has 0 bridgehead atoms. The van der Waals surface area contributed by atoms with Crippen LogP contribution in [-0.4, -0.2) is 27.7 Å². The Labute approximate surface area is 143 Å². The molecule has 1 N–H and O–H groups in total. The van der Waals surface area contributed by atoms with Gasteiger partial charge in [0.1, 0.15) is 4.21 Å². The second-order valence-electron chi connectivity index (χ2n) is 5.07. The third-order valence-corrected chi connectivity index (χ3v) is 7.82. The van der Waals surface area contributed by atoms with Gasteiger partial charge in [0.05, 0.1) is 14.9 Å². The van der Waals surface area contributed by atoms with E-state index in [1.807, 2.05) is 0 Å². The summed E-state index contributed by atoms with van der Waals surface area (Å²) in [5.41, 5.74) is 0. The minimum Gasteiger partial charge on any atom is -0.378 e. The van der Waals surface area contributed by atoms with Crippen LogP contribution in [0.4, 0.5) is 0 Å². The van der Waals surface area contributed by atoms with Crippen molar-refractivity contribution >= 4 is 48.9 Å². The molecule has 1 aliphatic rings. The summed E-state index contributed by atoms with van der Waals surface area (Å²) in [5, 5.41) is 0.418. The lowest BCUT2D eigenvalue weighted by Gasteiger charge is -2.21. The van der Waals surface area contributed by atoms with Gasteiger partial charge >= 0.3 is 0 Å². The van der Waals surface area contributed by atoms with Crippen LogP contribution in [0.5, 0.6) is 0 Å². The normalized spacial score (nSPS) is 17.2. The van der Waals surface area contributed by atoms with Crippen molar-refractivity contribution in [1.82, 2.24) is 4.72 Å². The number of ether oxygens (including phenoxy) is 1. The monoisotopic (exact) mass is 415 g/mol. The molecule has 2 rings (SSSR count). The maximum absolute atomic E-state index is 12.0. The SMILES string of the molecule is O=S(=O)(NCCCOC1CCCCC1)c1cc(Cl)c(Br)s1. The van der Waals surface area contributed by atoms with Gasteiger partial charge in [-0.2, -0.15) is 0 Å². The van der Waals surface area contributed by atoms with Gasteiger partial charge in [-0.3, -0.25) is 0 Å². The Kier molecular flexibility index (Phi) is 6.96. The summed E-state index contributed by atoms with van der Waals surface area (Å²) in [6.45, 7) is 0.976. The minimum atomic E-state index is -3.47. The molecule has 0 radical (unpaired) electrons. The molecule has 0 atom stereocenters. The molecule has 120 valence electrons. The zero-order chi connectivity index (χ0) is 15.3. The standard InChI is InChI=1S/C13H19BrClNO3S2/c14-13-11(15)9-12(20-13)21(17,18)16-7-4-8-19-10-5-2-1-3-6-10/h9-10,16H,1-8H2. The molecule has 1 aromatic rings. The van der Waals surface area contributed by atoms with Crippen molar-refractivity contribution in [1.29, 1.82) is 0 Å². The highest BCUT2D eigenvalue weighted by atomic mass is 79.9. The Hall–Kier alpha value is 0.340. The molecular formula is C13H19BrClNO3S2. The summed E-state index contributed by atoms with van der Waals surface area (Å²) >= 11 is 10.2. The summed E-state index contributed by atoms with van der Waals surface area (Å²) in [5.74, 6) is 0. The Balaban J connectivity index is 1.70. The van der Waals surface area contributed by atoms with Crippen LogP contribution in [0.25, 0.3) is 0 Å². The van der Waals surface area contributed by atoms with Crippen LogP contribution in [0.15, 0.2) is 14.1 Å². The lowest BCUT2D eigenvalue weighted by Crippen LogP contribution is -2.25. The Morgan fingerprint density at radius 1 is 1.38 bits per heavy atom. The summed E-state index contributed by atoms with van der Waals surface area (Å²) in [4.78, 5) is 0. The van der Waals surface area contributed by atoms with Crippen molar-refractivity contribution in [3.05, 3.63) is 14.9 Å². The number of rotatable bonds is 7. The number of halogens is 2. The number of nitrogens with one attached hydrogen (secondary N) is 1. The molecule has 8 heteroatoms. The van der Waals surface area contributed by atoms with Gasteiger partial charge in [-0.15, -0.1) is 11.3 Å². The van der Waals surface area contributed by atoms with Gasteiger partial charge in [0.25, 0.3) is 0 Å². The number of hydrogen-bond acceptors (Lipinski definition) is 4. The van der Waals surface area contributed by atoms with Crippen molar-refractivity contribution in [2.75, 3.05) is 13.2 Å². The zero-order valence-corrected chi connectivity index (χ0v) is 15.6. The van der Waals surface area contributed by atoms with Crippen molar-refractivity contribution < 1.29 is 13.2 Å². The van der Waals surface area contributed by atoms with Crippen LogP contribution < -0.4 is 4.72 Å². The molecule has 0 amide bonds. The molecule has 0 saturated heterocycles. The van der Waals surface area contributed by atoms with Gasteiger partial charge in [-0.05, 0) is 41.3 Å². The van der Waals surface area contributed by atoms with E-state index < -0.39 is 10.0 Å². The van der Waals surface area contributed by atoms with Crippen LogP contribution >= 0.6 is 38.9 Å². The molecule has 1 fully saturated rings. The molecule has 1 saturated carbocycles. The highest BCUT2D eigenvalue weighted by Gasteiger charge is 2.18. The second kappa shape index (κ2) is 8.26. The second-order valence-corrected chi connectivity index (χ2v) is 9.84. The molecule has 0 aromatic carbocycles. The molecule has 0 spiro atoms. The highest BCUT2D eigenvalue weighted by Crippen LogP contribution is 2.34. The first-order chi connectivity index (χ1) is 9.99. The van der Waals surface area contributed by atoms with Crippen molar-refractivity contribution in [2.24, 2.45) is 0 Å². The van der Waals surface area contributed by atoms with Gasteiger partial charge in [0, 0.05) is 13.2 Å². The van der Waals surface area contributed by atoms with Crippen molar-refractivity contribution in [3.8, 4) is 0 Å². The van der Waals surface area contributed by atoms with E-state index in [0.717, 1.165) is 24.2 Å². The highest BCUT2D eigenvalue weighted by molar-refractivity contribution is 9.11. The number of sulfonamides is 1. The maximum atomic E-state index is 12.0. The van der Waals surface area contributed by atoms with E-state index >= 15 is 0 Å². The Morgan fingerprint density at radius 3 is 2.71 bits per heavy atom. The summed E-state index contributed by atoms with van der Waals surface area (Å²) in [6, 6.07) is 1.46. The molecule has 1 aromatic heterocycles. The largest absolute Gasteiger partial charge is 0.378 e. The first kappa shape index (κ1) is 17.7. The van der Waals surface area contributed by atoms with Crippen LogP contribution in [0.1, 0.15) is 38.5 Å². The molecule has 0 unspecified atom stereocenters. The van der Waals surface area contributed by atoms with Crippen LogP contribution in [0, 0.1) is 0 Å². The van der Waals surface area contributed by atoms with Gasteiger partial charge in [-0.25, -0.2) is 13.1 Å². The summed E-state index contributed by atoms with van der Waals surface area (Å²) in [6.07, 6.45) is 7.09. The van der Waals surface area contributed by atoms with E-state index in [1.165, 1.54) is 25.3 Å². The van der Waals surface area contributed by atoms with Crippen LogP contribution in [0.3, 0.4) is 0 Å². The first-order valence-electron chi connectivity index (χ1n) is 7.05. The van der Waals surface area contributed by atoms with Crippen LogP contribution in [0.2, 0.25) is 5.02 Å². The molecule has 21 heavy (non-hydrogen) atoms. The fourth-order valence-corrected chi connectivity index (χ4v) is 5.81. The van der Waals surface area contributed by atoms with E-state index in [9.17, 15) is 8.42 Å². The van der Waals surface area contributed by atoms with Gasteiger partial charge in [0.2, 0.25) is 10.0 Å². The number of hydrogen-bond donors (Lipinski definition) is 1. The number of thiophene rings is 1. The van der Waals surface area contributed by atoms with Crippen LogP contribution in [-0.2, 0) is 14.8 Å². The molecule has 1 aliphatic carbocycles. The van der Waals surface area contributed by atoms with Crippen molar-refractivity contribution in [3.63, 3.8) is 0 Å². The topological polar surface area (TPSA) is 55.4 Å². The summed E-state index contributed by atoms with van der Waals surface area (Å²) in [7, 11) is -3.47. The predicted octanol–water partition coefficient (Wildman–Crippen LogP) is 4.18.